The van der Waals surface area contributed by atoms with Gasteiger partial charge in [-0.15, -0.1) is 0 Å². The minimum absolute atomic E-state index is 0.126. The molecular formula is C14H10Br2O4. The fraction of sp³-hybridized carbons (Fsp3) is 0.0714. The molecule has 0 aliphatic rings. The molecule has 104 valence electrons. The van der Waals surface area contributed by atoms with E-state index in [4.69, 9.17) is 0 Å². The van der Waals surface area contributed by atoms with Gasteiger partial charge in [-0.3, -0.25) is 4.79 Å². The van der Waals surface area contributed by atoms with Crippen molar-refractivity contribution in [2.75, 3.05) is 0 Å². The lowest BCUT2D eigenvalue weighted by Gasteiger charge is -2.25. The van der Waals surface area contributed by atoms with Gasteiger partial charge in [0.15, 0.2) is 23.4 Å². The van der Waals surface area contributed by atoms with Crippen LogP contribution in [0.4, 0.5) is 0 Å². The average molecular weight is 402 g/mol. The van der Waals surface area contributed by atoms with Crippen LogP contribution in [0, 0.1) is 0 Å². The number of carbonyl (C=O) groups is 1. The highest BCUT2D eigenvalue weighted by Gasteiger charge is 2.35. The van der Waals surface area contributed by atoms with Crippen molar-refractivity contribution in [3.8, 4) is 11.5 Å². The monoisotopic (exact) mass is 400 g/mol. The molecule has 0 fully saturated rings. The maximum Gasteiger partial charge on any atom is 0.173 e. The van der Waals surface area contributed by atoms with Gasteiger partial charge in [0, 0.05) is 10.0 Å². The zero-order chi connectivity index (χ0) is 14.9. The Morgan fingerprint density at radius 2 is 1.65 bits per heavy atom. The summed E-state index contributed by atoms with van der Waals surface area (Å²) in [6, 6.07) is 9.47. The Morgan fingerprint density at radius 1 is 1.05 bits per heavy atom. The molecular weight excluding hydrogens is 392 g/mol. The Hall–Kier alpha value is -1.37. The van der Waals surface area contributed by atoms with Gasteiger partial charge in [-0.1, -0.05) is 30.3 Å². The summed E-state index contributed by atoms with van der Waals surface area (Å²) in [5.74, 6) is -0.812. The Kier molecular flexibility index (Phi) is 4.17. The van der Waals surface area contributed by atoms with Crippen molar-refractivity contribution >= 4 is 38.1 Å². The van der Waals surface area contributed by atoms with E-state index >= 15 is 0 Å². The highest BCUT2D eigenvalue weighted by atomic mass is 79.9. The lowest BCUT2D eigenvalue weighted by Crippen LogP contribution is -2.29. The molecule has 1 unspecified atom stereocenters. The number of aliphatic hydroxyl groups is 1. The van der Waals surface area contributed by atoms with Crippen molar-refractivity contribution in [1.29, 1.82) is 0 Å². The van der Waals surface area contributed by atoms with Gasteiger partial charge in [0.25, 0.3) is 0 Å². The Bertz CT molecular complexity index is 658. The molecule has 2 rings (SSSR count). The van der Waals surface area contributed by atoms with Crippen LogP contribution in [-0.4, -0.2) is 21.6 Å². The summed E-state index contributed by atoms with van der Waals surface area (Å²) in [5.41, 5.74) is -1.46. The number of rotatable bonds is 3. The molecule has 2 aromatic rings. The molecule has 0 aliphatic heterocycles. The predicted octanol–water partition coefficient (Wildman–Crippen LogP) is 3.06. The number of hydrogen-bond acceptors (Lipinski definition) is 4. The number of phenols is 2. The Balaban J connectivity index is 2.73. The minimum atomic E-state index is -1.94. The van der Waals surface area contributed by atoms with E-state index in [1.165, 1.54) is 0 Å². The lowest BCUT2D eigenvalue weighted by atomic mass is 9.87. The second kappa shape index (κ2) is 5.55. The summed E-state index contributed by atoms with van der Waals surface area (Å²) in [6.07, 6.45) is 0.380. The number of halogens is 2. The second-order valence-corrected chi connectivity index (χ2v) is 5.76. The van der Waals surface area contributed by atoms with E-state index in [0.717, 1.165) is 6.07 Å². The van der Waals surface area contributed by atoms with E-state index in [1.807, 2.05) is 0 Å². The van der Waals surface area contributed by atoms with Crippen LogP contribution in [0.5, 0.6) is 11.5 Å². The number of benzene rings is 2. The molecule has 0 heterocycles. The third-order valence-corrected chi connectivity index (χ3v) is 5.08. The fourth-order valence-electron chi connectivity index (χ4n) is 1.86. The molecule has 0 bridgehead atoms. The van der Waals surface area contributed by atoms with Crippen molar-refractivity contribution in [2.24, 2.45) is 0 Å². The van der Waals surface area contributed by atoms with Crippen molar-refractivity contribution in [1.82, 2.24) is 0 Å². The van der Waals surface area contributed by atoms with E-state index in [-0.39, 0.29) is 20.3 Å². The maximum absolute atomic E-state index is 11.5. The van der Waals surface area contributed by atoms with Crippen LogP contribution in [-0.2, 0) is 10.4 Å². The van der Waals surface area contributed by atoms with Gasteiger partial charge >= 0.3 is 0 Å². The maximum atomic E-state index is 11.5. The zero-order valence-electron chi connectivity index (χ0n) is 10.0. The van der Waals surface area contributed by atoms with Gasteiger partial charge in [0.1, 0.15) is 0 Å². The predicted molar refractivity (Wildman–Crippen MR) is 80.7 cm³/mol. The van der Waals surface area contributed by atoms with Crippen LogP contribution < -0.4 is 0 Å². The highest BCUT2D eigenvalue weighted by molar-refractivity contribution is 9.13. The first-order valence-corrected chi connectivity index (χ1v) is 7.15. The van der Waals surface area contributed by atoms with Crippen LogP contribution >= 0.6 is 31.9 Å². The SMILES string of the molecule is O=CC(O)(c1ccccc1)c1cc(O)c(O)c(Br)c1Br. The molecule has 2 aromatic carbocycles. The topological polar surface area (TPSA) is 77.8 Å². The summed E-state index contributed by atoms with van der Waals surface area (Å²) in [7, 11) is 0. The van der Waals surface area contributed by atoms with Crippen molar-refractivity contribution in [2.45, 2.75) is 5.60 Å². The number of aromatic hydroxyl groups is 2. The minimum Gasteiger partial charge on any atom is -0.504 e. The van der Waals surface area contributed by atoms with Crippen molar-refractivity contribution in [3.05, 3.63) is 56.5 Å². The van der Waals surface area contributed by atoms with Crippen LogP contribution in [0.25, 0.3) is 0 Å². The van der Waals surface area contributed by atoms with Crippen molar-refractivity contribution in [3.63, 3.8) is 0 Å². The lowest BCUT2D eigenvalue weighted by molar-refractivity contribution is -0.121. The molecule has 0 saturated carbocycles. The number of phenolic OH excluding ortho intramolecular Hbond substituents is 2. The highest BCUT2D eigenvalue weighted by Crippen LogP contribution is 2.45. The molecule has 3 N–H and O–H groups in total. The van der Waals surface area contributed by atoms with Gasteiger partial charge in [-0.25, -0.2) is 0 Å². The zero-order valence-corrected chi connectivity index (χ0v) is 13.2. The summed E-state index contributed by atoms with van der Waals surface area (Å²) in [6.45, 7) is 0. The molecule has 1 atom stereocenters. The Labute approximate surface area is 131 Å². The Morgan fingerprint density at radius 3 is 2.20 bits per heavy atom. The first-order valence-electron chi connectivity index (χ1n) is 5.56. The molecule has 0 saturated heterocycles. The van der Waals surface area contributed by atoms with Gasteiger partial charge < -0.3 is 15.3 Å². The van der Waals surface area contributed by atoms with E-state index in [2.05, 4.69) is 31.9 Å². The van der Waals surface area contributed by atoms with Gasteiger partial charge in [-0.2, -0.15) is 0 Å². The molecule has 0 aliphatic carbocycles. The van der Waals surface area contributed by atoms with Crippen LogP contribution in [0.15, 0.2) is 45.3 Å². The number of carbonyl (C=O) groups excluding carboxylic acids is 1. The van der Waals surface area contributed by atoms with E-state index in [0.29, 0.717) is 11.8 Å². The summed E-state index contributed by atoms with van der Waals surface area (Å²) < 4.78 is 0.440. The fourth-order valence-corrected chi connectivity index (χ4v) is 2.88. The third-order valence-electron chi connectivity index (χ3n) is 2.96. The second-order valence-electron chi connectivity index (χ2n) is 4.17. The number of aldehydes is 1. The average Bonchev–Trinajstić information content (AvgIpc) is 2.49. The first-order chi connectivity index (χ1) is 9.41. The summed E-state index contributed by atoms with van der Waals surface area (Å²) in [4.78, 5) is 11.5. The van der Waals surface area contributed by atoms with E-state index < -0.39 is 11.4 Å². The van der Waals surface area contributed by atoms with Gasteiger partial charge in [0.2, 0.25) is 0 Å². The van der Waals surface area contributed by atoms with Crippen LogP contribution in [0.2, 0.25) is 0 Å². The van der Waals surface area contributed by atoms with Crippen molar-refractivity contribution < 1.29 is 20.1 Å². The molecule has 0 radical (unpaired) electrons. The standard InChI is InChI=1S/C14H10Br2O4/c15-11-9(6-10(18)13(19)12(11)16)14(20,7-17)8-4-2-1-3-5-8/h1-7,18-20H. The van der Waals surface area contributed by atoms with Gasteiger partial charge in [0.05, 0.1) is 4.47 Å². The van der Waals surface area contributed by atoms with E-state index in [1.54, 1.807) is 30.3 Å². The van der Waals surface area contributed by atoms with Crippen LogP contribution in [0.3, 0.4) is 0 Å². The number of hydrogen-bond donors (Lipinski definition) is 3. The third kappa shape index (κ3) is 2.34. The first kappa shape index (κ1) is 15.0. The summed E-state index contributed by atoms with van der Waals surface area (Å²) >= 11 is 6.29. The molecule has 4 nitrogen and oxygen atoms in total. The largest absolute Gasteiger partial charge is 0.504 e. The van der Waals surface area contributed by atoms with Gasteiger partial charge in [-0.05, 0) is 43.5 Å². The molecule has 0 amide bonds. The molecule has 6 heteroatoms. The summed E-state index contributed by atoms with van der Waals surface area (Å²) in [5, 5.41) is 30.0. The van der Waals surface area contributed by atoms with Crippen LogP contribution in [0.1, 0.15) is 11.1 Å². The molecule has 0 spiro atoms. The van der Waals surface area contributed by atoms with E-state index in [9.17, 15) is 20.1 Å². The quantitative estimate of drug-likeness (QED) is 0.545. The normalized spacial score (nSPS) is 13.8. The molecule has 0 aromatic heterocycles. The molecule has 20 heavy (non-hydrogen) atoms. The smallest absolute Gasteiger partial charge is 0.173 e.